The summed E-state index contributed by atoms with van der Waals surface area (Å²) in [7, 11) is 1.29. The summed E-state index contributed by atoms with van der Waals surface area (Å²) in [5.41, 5.74) is -0.605. The first-order chi connectivity index (χ1) is 8.15. The molecule has 1 aromatic heterocycles. The average Bonchev–Trinajstić information content (AvgIpc) is 2.81. The maximum absolute atomic E-state index is 14.0. The first-order valence-electron chi connectivity index (χ1n) is 4.66. The highest BCUT2D eigenvalue weighted by molar-refractivity contribution is 5.56. The normalized spacial score (nSPS) is 10.2. The van der Waals surface area contributed by atoms with Crippen LogP contribution in [0.5, 0.6) is 5.75 Å². The summed E-state index contributed by atoms with van der Waals surface area (Å²) in [6.45, 7) is 0. The fraction of sp³-hybridized carbons (Fsp3) is 0.100. The lowest BCUT2D eigenvalue weighted by atomic mass is 10.2. The second-order valence-electron chi connectivity index (χ2n) is 3.16. The molecular weight excluding hydrogens is 229 g/mol. The van der Waals surface area contributed by atoms with Crippen LogP contribution in [0.4, 0.5) is 10.1 Å². The molecule has 0 aliphatic heterocycles. The van der Waals surface area contributed by atoms with Crippen molar-refractivity contribution in [1.82, 2.24) is 9.78 Å². The van der Waals surface area contributed by atoms with Gasteiger partial charge in [-0.2, -0.15) is 5.10 Å². The molecule has 2 aromatic rings. The number of rotatable bonds is 3. The molecule has 0 unspecified atom stereocenters. The van der Waals surface area contributed by atoms with Gasteiger partial charge in [-0.1, -0.05) is 0 Å². The van der Waals surface area contributed by atoms with Crippen LogP contribution in [0.1, 0.15) is 0 Å². The van der Waals surface area contributed by atoms with Crippen molar-refractivity contribution in [2.24, 2.45) is 0 Å². The van der Waals surface area contributed by atoms with E-state index in [4.69, 9.17) is 4.74 Å². The standard InChI is InChI=1S/C10H8FN3O3/c1-17-8-4-3-7(14(15)16)10(9(8)11)13-6-2-5-12-13/h2-6H,1H3. The number of halogens is 1. The zero-order valence-corrected chi connectivity index (χ0v) is 8.83. The van der Waals surface area contributed by atoms with E-state index in [1.54, 1.807) is 6.07 Å². The molecule has 0 spiro atoms. The highest BCUT2D eigenvalue weighted by Gasteiger charge is 2.23. The van der Waals surface area contributed by atoms with Crippen molar-refractivity contribution < 1.29 is 14.1 Å². The topological polar surface area (TPSA) is 70.2 Å². The number of nitrogens with zero attached hydrogens (tertiary/aromatic N) is 3. The molecule has 2 rings (SSSR count). The van der Waals surface area contributed by atoms with E-state index in [0.717, 1.165) is 4.68 Å². The van der Waals surface area contributed by atoms with Gasteiger partial charge in [-0.25, -0.2) is 9.07 Å². The van der Waals surface area contributed by atoms with Crippen molar-refractivity contribution >= 4 is 5.69 Å². The van der Waals surface area contributed by atoms with Crippen LogP contribution < -0.4 is 4.74 Å². The minimum atomic E-state index is -0.814. The molecule has 0 saturated carbocycles. The van der Waals surface area contributed by atoms with Crippen LogP contribution >= 0.6 is 0 Å². The molecule has 17 heavy (non-hydrogen) atoms. The summed E-state index contributed by atoms with van der Waals surface area (Å²) in [4.78, 5) is 10.2. The highest BCUT2D eigenvalue weighted by Crippen LogP contribution is 2.31. The Morgan fingerprint density at radius 1 is 1.53 bits per heavy atom. The summed E-state index contributed by atoms with van der Waals surface area (Å²) in [5, 5.41) is 14.6. The van der Waals surface area contributed by atoms with Crippen molar-refractivity contribution in [3.05, 3.63) is 46.5 Å². The Kier molecular flexibility index (Phi) is 2.73. The fourth-order valence-corrected chi connectivity index (χ4v) is 1.46. The number of aromatic nitrogens is 2. The van der Waals surface area contributed by atoms with Crippen LogP contribution in [0.15, 0.2) is 30.6 Å². The van der Waals surface area contributed by atoms with Gasteiger partial charge in [-0.05, 0) is 12.1 Å². The minimum absolute atomic E-state index is 0.0684. The van der Waals surface area contributed by atoms with Crippen LogP contribution in [0, 0.1) is 15.9 Å². The zero-order chi connectivity index (χ0) is 12.4. The first-order valence-corrected chi connectivity index (χ1v) is 4.66. The van der Waals surface area contributed by atoms with E-state index in [-0.39, 0.29) is 17.1 Å². The second kappa shape index (κ2) is 4.20. The molecular formula is C10H8FN3O3. The monoisotopic (exact) mass is 237 g/mol. The maximum atomic E-state index is 14.0. The molecule has 0 amide bonds. The van der Waals surface area contributed by atoms with E-state index in [0.29, 0.717) is 0 Å². The van der Waals surface area contributed by atoms with Gasteiger partial charge in [0.05, 0.1) is 12.0 Å². The van der Waals surface area contributed by atoms with Gasteiger partial charge in [0, 0.05) is 18.5 Å². The lowest BCUT2D eigenvalue weighted by molar-refractivity contribution is -0.384. The zero-order valence-electron chi connectivity index (χ0n) is 8.83. The smallest absolute Gasteiger partial charge is 0.298 e. The van der Waals surface area contributed by atoms with E-state index >= 15 is 0 Å². The molecule has 7 heteroatoms. The third-order valence-electron chi connectivity index (χ3n) is 2.21. The van der Waals surface area contributed by atoms with Crippen molar-refractivity contribution in [2.75, 3.05) is 7.11 Å². The number of hydrogen-bond donors (Lipinski definition) is 0. The molecule has 0 radical (unpaired) electrons. The third kappa shape index (κ3) is 1.82. The summed E-state index contributed by atoms with van der Waals surface area (Å²) in [5.74, 6) is -0.883. The predicted molar refractivity (Wildman–Crippen MR) is 56.7 cm³/mol. The number of ether oxygens (including phenoxy) is 1. The van der Waals surface area contributed by atoms with Gasteiger partial charge in [-0.3, -0.25) is 10.1 Å². The Bertz CT molecular complexity index is 554. The lowest BCUT2D eigenvalue weighted by Gasteiger charge is -2.07. The Morgan fingerprint density at radius 3 is 2.82 bits per heavy atom. The van der Waals surface area contributed by atoms with E-state index < -0.39 is 10.7 Å². The number of methoxy groups -OCH3 is 1. The highest BCUT2D eigenvalue weighted by atomic mass is 19.1. The Morgan fingerprint density at radius 2 is 2.29 bits per heavy atom. The van der Waals surface area contributed by atoms with Gasteiger partial charge in [-0.15, -0.1) is 0 Å². The van der Waals surface area contributed by atoms with Crippen LogP contribution in [0.25, 0.3) is 5.69 Å². The quantitative estimate of drug-likeness (QED) is 0.604. The van der Waals surface area contributed by atoms with Crippen LogP contribution in [-0.2, 0) is 0 Å². The summed E-state index contributed by atoms with van der Waals surface area (Å²) < 4.78 is 19.8. The largest absolute Gasteiger partial charge is 0.494 e. The lowest BCUT2D eigenvalue weighted by Crippen LogP contribution is -2.05. The van der Waals surface area contributed by atoms with Gasteiger partial charge in [0.1, 0.15) is 0 Å². The summed E-state index contributed by atoms with van der Waals surface area (Å²) in [6.07, 6.45) is 2.83. The Labute approximate surface area is 95.4 Å². The van der Waals surface area contributed by atoms with Crippen LogP contribution in [-0.4, -0.2) is 21.8 Å². The summed E-state index contributed by atoms with van der Waals surface area (Å²) in [6, 6.07) is 3.93. The predicted octanol–water partition coefficient (Wildman–Crippen LogP) is 1.93. The minimum Gasteiger partial charge on any atom is -0.494 e. The molecule has 0 saturated heterocycles. The van der Waals surface area contributed by atoms with Crippen molar-refractivity contribution in [3.8, 4) is 11.4 Å². The first kappa shape index (κ1) is 11.1. The Hall–Kier alpha value is -2.44. The fourth-order valence-electron chi connectivity index (χ4n) is 1.46. The van der Waals surface area contributed by atoms with Crippen LogP contribution in [0.2, 0.25) is 0 Å². The Balaban J connectivity index is 2.72. The second-order valence-corrected chi connectivity index (χ2v) is 3.16. The van der Waals surface area contributed by atoms with Crippen molar-refractivity contribution in [2.45, 2.75) is 0 Å². The summed E-state index contributed by atoms with van der Waals surface area (Å²) >= 11 is 0. The van der Waals surface area contributed by atoms with Gasteiger partial charge in [0.2, 0.25) is 0 Å². The molecule has 0 bridgehead atoms. The average molecular weight is 237 g/mol. The molecule has 88 valence electrons. The molecule has 1 heterocycles. The van der Waals surface area contributed by atoms with Gasteiger partial charge in [0.15, 0.2) is 17.3 Å². The van der Waals surface area contributed by atoms with Crippen LogP contribution in [0.3, 0.4) is 0 Å². The van der Waals surface area contributed by atoms with Crippen molar-refractivity contribution in [3.63, 3.8) is 0 Å². The maximum Gasteiger partial charge on any atom is 0.298 e. The van der Waals surface area contributed by atoms with Crippen molar-refractivity contribution in [1.29, 1.82) is 0 Å². The molecule has 0 fully saturated rings. The van der Waals surface area contributed by atoms with E-state index in [1.165, 1.54) is 31.6 Å². The molecule has 1 aromatic carbocycles. The number of benzene rings is 1. The number of nitro benzene ring substituents is 1. The number of nitro groups is 1. The number of hydrogen-bond acceptors (Lipinski definition) is 4. The molecule has 0 N–H and O–H groups in total. The molecule has 6 nitrogen and oxygen atoms in total. The van der Waals surface area contributed by atoms with Gasteiger partial charge >= 0.3 is 0 Å². The SMILES string of the molecule is COc1ccc([N+](=O)[O-])c(-n2cccn2)c1F. The van der Waals surface area contributed by atoms with E-state index in [9.17, 15) is 14.5 Å². The van der Waals surface area contributed by atoms with Gasteiger partial charge < -0.3 is 4.74 Å². The molecule has 0 aliphatic rings. The van der Waals surface area contributed by atoms with E-state index in [2.05, 4.69) is 5.10 Å². The van der Waals surface area contributed by atoms with E-state index in [1.807, 2.05) is 0 Å². The molecule has 0 aliphatic carbocycles. The molecule has 0 atom stereocenters. The third-order valence-corrected chi connectivity index (χ3v) is 2.21. The van der Waals surface area contributed by atoms with Gasteiger partial charge in [0.25, 0.3) is 5.69 Å².